The van der Waals surface area contributed by atoms with Gasteiger partial charge in [-0.2, -0.15) is 0 Å². The van der Waals surface area contributed by atoms with Crippen LogP contribution in [-0.4, -0.2) is 174 Å². The van der Waals surface area contributed by atoms with Crippen LogP contribution in [0.1, 0.15) is 54.0 Å². The van der Waals surface area contributed by atoms with Gasteiger partial charge in [0, 0.05) is 59.9 Å². The number of hydrogen-bond donors (Lipinski definition) is 7. The lowest BCUT2D eigenvalue weighted by Crippen LogP contribution is -2.53. The highest BCUT2D eigenvalue weighted by molar-refractivity contribution is 6.13. The Balaban J connectivity index is 0.000000416. The van der Waals surface area contributed by atoms with E-state index in [2.05, 4.69) is 26.6 Å². The molecule has 2 aliphatic heterocycles. The summed E-state index contributed by atoms with van der Waals surface area (Å²) in [5.74, 6) is -3.61. The second kappa shape index (κ2) is 41.5. The van der Waals surface area contributed by atoms with Crippen LogP contribution >= 0.6 is 0 Å². The Kier molecular flexibility index (Phi) is 33.4. The van der Waals surface area contributed by atoms with Gasteiger partial charge in [-0.1, -0.05) is 52.0 Å². The van der Waals surface area contributed by atoms with Crippen molar-refractivity contribution in [3.05, 3.63) is 153 Å². The summed E-state index contributed by atoms with van der Waals surface area (Å²) in [4.78, 5) is 153. The van der Waals surface area contributed by atoms with Gasteiger partial charge >= 0.3 is 18.4 Å². The molecule has 96 heavy (non-hydrogen) atoms. The van der Waals surface area contributed by atoms with Gasteiger partial charge in [0.1, 0.15) is 49.4 Å². The molecule has 0 fully saturated rings. The minimum atomic E-state index is -1.01. The predicted molar refractivity (Wildman–Crippen MR) is 337 cm³/mol. The summed E-state index contributed by atoms with van der Waals surface area (Å²) in [6.07, 6.45) is 1.83. The SMILES string of the molecule is CC(C)[C@H](N)C(=O)N[C@@H](C)C(=O)Nc1ccc(CO)cc1.CC(C)[C@H](NC(=O)OCCOCCN1C(=O)C=CC1=O)C(=O)N[C@@H](C)C(=O)Nc1ccc(COC(=O)Oc2ccc([N+](=O)[O-])cc2)cc1.O=C(OCCOCCN1C(=O)C=CC1=O)Oc1ccc([N+](=O)[O-])cc1.[2H]CF. The maximum absolute atomic E-state index is 12.9. The third-order valence-corrected chi connectivity index (χ3v) is 12.9. The van der Waals surface area contributed by atoms with Crippen molar-refractivity contribution in [3.63, 3.8) is 0 Å². The van der Waals surface area contributed by atoms with Gasteiger partial charge in [0.2, 0.25) is 23.6 Å². The van der Waals surface area contributed by atoms with Crippen LogP contribution in [0.5, 0.6) is 11.5 Å². The Morgan fingerprint density at radius 2 is 0.917 bits per heavy atom. The Morgan fingerprint density at radius 3 is 1.30 bits per heavy atom. The molecule has 9 amide bonds. The van der Waals surface area contributed by atoms with Gasteiger partial charge < -0.3 is 70.6 Å². The van der Waals surface area contributed by atoms with Crippen molar-refractivity contribution in [2.24, 2.45) is 17.6 Å². The zero-order valence-electron chi connectivity index (χ0n) is 54.0. The fourth-order valence-electron chi connectivity index (χ4n) is 7.49. The molecule has 8 N–H and O–H groups in total. The Labute approximate surface area is 550 Å². The van der Waals surface area contributed by atoms with Crippen LogP contribution in [-0.2, 0) is 75.3 Å². The van der Waals surface area contributed by atoms with E-state index in [1.54, 1.807) is 69.3 Å². The van der Waals surface area contributed by atoms with Gasteiger partial charge in [0.15, 0.2) is 0 Å². The molecule has 4 atom stereocenters. The normalized spacial score (nSPS) is 13.3. The van der Waals surface area contributed by atoms with Gasteiger partial charge in [-0.05, 0) is 85.3 Å². The first-order chi connectivity index (χ1) is 46.1. The number of non-ortho nitro benzene ring substituents is 2. The van der Waals surface area contributed by atoms with Crippen LogP contribution in [0.4, 0.5) is 41.5 Å². The van der Waals surface area contributed by atoms with E-state index >= 15 is 0 Å². The lowest BCUT2D eigenvalue weighted by Gasteiger charge is -2.23. The third-order valence-electron chi connectivity index (χ3n) is 12.9. The molecule has 0 saturated carbocycles. The number of hydrogen-bond acceptors (Lipinski definition) is 24. The van der Waals surface area contributed by atoms with E-state index in [0.29, 0.717) is 16.9 Å². The van der Waals surface area contributed by atoms with E-state index in [1.807, 2.05) is 13.8 Å². The number of carbonyl (C=O) groups excluding carboxylic acids is 11. The number of anilines is 2. The highest BCUT2D eigenvalue weighted by atomic mass is 19.1. The van der Waals surface area contributed by atoms with Crippen LogP contribution < -0.4 is 41.8 Å². The van der Waals surface area contributed by atoms with E-state index in [1.165, 1.54) is 79.8 Å². The number of nitrogens with zero attached hydrogens (tertiary/aromatic N) is 4. The number of nitro benzene ring substituents is 2. The first-order valence-corrected chi connectivity index (χ1v) is 29.0. The summed E-state index contributed by atoms with van der Waals surface area (Å²) in [5, 5.41) is 43.1. The maximum atomic E-state index is 12.9. The molecule has 0 saturated heterocycles. The topological polar surface area (TPSA) is 452 Å². The van der Waals surface area contributed by atoms with Crippen LogP contribution in [0.25, 0.3) is 0 Å². The molecule has 0 bridgehead atoms. The summed E-state index contributed by atoms with van der Waals surface area (Å²) < 4.78 is 50.6. The third kappa shape index (κ3) is 28.4. The average Bonchev–Trinajstić information content (AvgIpc) is 1.97. The molecule has 4 aromatic rings. The molecule has 0 aliphatic carbocycles. The molecule has 34 heteroatoms. The minimum Gasteiger partial charge on any atom is -0.447 e. The Bertz CT molecular complexity index is 3360. The van der Waals surface area contributed by atoms with Crippen LogP contribution in [0.2, 0.25) is 0 Å². The van der Waals surface area contributed by atoms with Crippen molar-refractivity contribution in [2.75, 3.05) is 70.5 Å². The number of alkyl halides is 1. The smallest absolute Gasteiger partial charge is 0.447 e. The highest BCUT2D eigenvalue weighted by Crippen LogP contribution is 2.20. The van der Waals surface area contributed by atoms with E-state index in [4.69, 9.17) is 45.4 Å². The molecule has 0 unspecified atom stereocenters. The number of benzene rings is 4. The van der Waals surface area contributed by atoms with Crippen LogP contribution in [0.3, 0.4) is 0 Å². The number of nitrogens with one attached hydrogen (secondary N) is 5. The first kappa shape index (κ1) is 77.3. The number of alkyl carbamates (subject to hydrolysis) is 1. The van der Waals surface area contributed by atoms with Crippen molar-refractivity contribution in [1.29, 1.82) is 0 Å². The fraction of sp³-hybridized carbons (Fsp3) is 0.371. The number of imide groups is 2. The second-order valence-corrected chi connectivity index (χ2v) is 20.7. The number of halogens is 1. The maximum Gasteiger partial charge on any atom is 0.514 e. The van der Waals surface area contributed by atoms with E-state index in [0.717, 1.165) is 15.4 Å². The van der Waals surface area contributed by atoms with Gasteiger partial charge in [-0.3, -0.25) is 72.8 Å². The van der Waals surface area contributed by atoms with Crippen molar-refractivity contribution in [2.45, 2.75) is 78.9 Å². The van der Waals surface area contributed by atoms with Crippen LogP contribution in [0, 0.1) is 32.1 Å². The number of nitrogens with two attached hydrogens (primary N) is 1. The molecule has 4 aromatic carbocycles. The molecule has 2 aliphatic rings. The lowest BCUT2D eigenvalue weighted by atomic mass is 10.0. The zero-order valence-corrected chi connectivity index (χ0v) is 53.0. The van der Waals surface area contributed by atoms with Gasteiger partial charge in [0.25, 0.3) is 35.0 Å². The second-order valence-electron chi connectivity index (χ2n) is 20.7. The molecular weight excluding hydrogens is 1270 g/mol. The quantitative estimate of drug-likeness (QED) is 0.00708. The fourth-order valence-corrected chi connectivity index (χ4v) is 7.49. The van der Waals surface area contributed by atoms with Gasteiger partial charge in [-0.15, -0.1) is 0 Å². The molecule has 0 spiro atoms. The number of aliphatic hydroxyl groups excluding tert-OH is 1. The number of carbonyl (C=O) groups is 11. The molecule has 0 aromatic heterocycles. The van der Waals surface area contributed by atoms with E-state index in [9.17, 15) is 77.4 Å². The van der Waals surface area contributed by atoms with Crippen molar-refractivity contribution < 1.29 is 107 Å². The number of ether oxygens (including phenoxy) is 7. The lowest BCUT2D eigenvalue weighted by molar-refractivity contribution is -0.385. The molecule has 2 heterocycles. The summed E-state index contributed by atoms with van der Waals surface area (Å²) in [7, 11) is -1.00. The van der Waals surface area contributed by atoms with Crippen LogP contribution in [0.15, 0.2) is 121 Å². The number of rotatable bonds is 30. The van der Waals surface area contributed by atoms with Gasteiger partial charge in [-0.25, -0.2) is 14.4 Å². The Morgan fingerprint density at radius 1 is 0.531 bits per heavy atom. The standard InChI is InChI=1S/C31H35N5O12.C15H23N3O3.C15H14N2O8.CH3F/c1-19(2)27(34-30(41)46-17-16-45-15-14-35-25(37)12-13-26(35)38)29(40)32-20(3)28(39)33-22-6-4-21(5-7-22)18-47-31(42)48-24-10-8-23(9-11-24)36(43)44;1-9(2)13(16)15(21)17-10(3)14(20)18-12-6-4-11(8-19)5-7-12;18-13-5-6-14(19)16(13)7-8-23-9-10-24-15(20)25-12-3-1-11(2-4-12)17(21)22;1-2/h4-13,19-20,27H,14-18H2,1-3H3,(H,32,40)(H,33,39)(H,34,41);4-7,9-10,13,19H,8,16H2,1-3H3,(H,17,21)(H,18,20);1-6H,7-10H2;1H3/t20-,27-;10-,13-;;/m00../s1/i;;;1D. The van der Waals surface area contributed by atoms with Crippen molar-refractivity contribution in [3.8, 4) is 11.5 Å². The van der Waals surface area contributed by atoms with Crippen molar-refractivity contribution >= 4 is 88.4 Å². The largest absolute Gasteiger partial charge is 0.514 e. The van der Waals surface area contributed by atoms with Crippen molar-refractivity contribution in [1.82, 2.24) is 25.8 Å². The summed E-state index contributed by atoms with van der Waals surface area (Å²) in [6, 6.07) is 19.7. The number of nitro groups is 2. The summed E-state index contributed by atoms with van der Waals surface area (Å²) in [6.45, 7) is 10.1. The molecule has 6 rings (SSSR count). The summed E-state index contributed by atoms with van der Waals surface area (Å²) in [5.41, 5.74) is 7.79. The number of amides is 9. The Hall–Kier alpha value is -11.1. The predicted octanol–water partition coefficient (Wildman–Crippen LogP) is 4.69. The van der Waals surface area contributed by atoms with E-state index < -0.39 is 95.0 Å². The number of aliphatic hydroxyl groups is 1. The first-order valence-electron chi connectivity index (χ1n) is 29.7. The molecular formula is C62H75FN10O23. The average molecular weight is 1350 g/mol. The van der Waals surface area contributed by atoms with Gasteiger partial charge in [0.05, 0.1) is 70.5 Å². The molecule has 0 radical (unpaired) electrons. The highest BCUT2D eigenvalue weighted by Gasteiger charge is 2.29. The monoisotopic (exact) mass is 1350 g/mol. The van der Waals surface area contributed by atoms with E-state index in [-0.39, 0.29) is 112 Å². The summed E-state index contributed by atoms with van der Waals surface area (Å²) >= 11 is 0. The molecule has 33 nitrogen and oxygen atoms in total. The molecule has 518 valence electrons. The minimum absolute atomic E-state index is 0.00234. The zero-order chi connectivity index (χ0) is 72.1.